The summed E-state index contributed by atoms with van der Waals surface area (Å²) in [5.41, 5.74) is -0.810. The monoisotopic (exact) mass is 324 g/mol. The summed E-state index contributed by atoms with van der Waals surface area (Å²) in [7, 11) is -3.43. The predicted molar refractivity (Wildman–Crippen MR) is 72.3 cm³/mol. The van der Waals surface area contributed by atoms with E-state index >= 15 is 0 Å². The van der Waals surface area contributed by atoms with Crippen LogP contribution in [0.3, 0.4) is 0 Å². The zero-order valence-corrected chi connectivity index (χ0v) is 12.3. The van der Waals surface area contributed by atoms with Crippen molar-refractivity contribution >= 4 is 21.6 Å². The number of carbonyl (C=O) groups is 1. The Morgan fingerprint density at radius 1 is 1.33 bits per heavy atom. The number of sulfonamides is 1. The van der Waals surface area contributed by atoms with Gasteiger partial charge in [-0.25, -0.2) is 13.1 Å². The van der Waals surface area contributed by atoms with E-state index in [9.17, 15) is 26.4 Å². The van der Waals surface area contributed by atoms with Crippen molar-refractivity contribution in [3.05, 3.63) is 29.8 Å². The van der Waals surface area contributed by atoms with Crippen LogP contribution in [0.1, 0.15) is 12.5 Å². The van der Waals surface area contributed by atoms with Gasteiger partial charge in [-0.05, 0) is 18.2 Å². The topological polar surface area (TPSA) is 66.5 Å². The van der Waals surface area contributed by atoms with E-state index in [0.29, 0.717) is 0 Å². The molecule has 1 aromatic carbocycles. The van der Waals surface area contributed by atoms with E-state index in [1.807, 2.05) is 0 Å². The number of hydrogen-bond acceptors (Lipinski definition) is 3. The summed E-state index contributed by atoms with van der Waals surface area (Å²) in [6, 6.07) is 4.30. The number of benzene rings is 1. The maximum absolute atomic E-state index is 12.6. The number of amides is 1. The molecule has 0 unspecified atom stereocenters. The van der Waals surface area contributed by atoms with Gasteiger partial charge in [-0.2, -0.15) is 13.2 Å². The lowest BCUT2D eigenvalue weighted by Gasteiger charge is -2.22. The quantitative estimate of drug-likeness (QED) is 0.895. The van der Waals surface area contributed by atoms with Crippen LogP contribution in [0.4, 0.5) is 18.9 Å². The number of anilines is 1. The summed E-state index contributed by atoms with van der Waals surface area (Å²) in [5, 5.41) is 0. The van der Waals surface area contributed by atoms with E-state index in [4.69, 9.17) is 0 Å². The molecular weight excluding hydrogens is 309 g/mol. The van der Waals surface area contributed by atoms with Crippen LogP contribution in [0.15, 0.2) is 24.3 Å². The molecule has 118 valence electrons. The molecule has 21 heavy (non-hydrogen) atoms. The first kappa shape index (κ1) is 17.4. The van der Waals surface area contributed by atoms with Crippen molar-refractivity contribution in [3.63, 3.8) is 0 Å². The standard InChI is InChI=1S/C12H15F3N2O3S/c1-9(18)17(7-6-16-21(2,19)20)11-5-3-4-10(8-11)12(13,14)15/h3-5,8,16H,6-7H2,1-2H3. The highest BCUT2D eigenvalue weighted by molar-refractivity contribution is 7.88. The first-order valence-corrected chi connectivity index (χ1v) is 7.80. The third kappa shape index (κ3) is 5.72. The van der Waals surface area contributed by atoms with Crippen LogP contribution in [0.2, 0.25) is 0 Å². The molecule has 0 fully saturated rings. The van der Waals surface area contributed by atoms with E-state index in [0.717, 1.165) is 23.3 Å². The summed E-state index contributed by atoms with van der Waals surface area (Å²) in [6.45, 7) is 1.04. The Bertz CT molecular complexity index is 614. The molecule has 0 aromatic heterocycles. The minimum atomic E-state index is -4.51. The summed E-state index contributed by atoms with van der Waals surface area (Å²) in [5.74, 6) is -0.482. The van der Waals surface area contributed by atoms with Crippen LogP contribution in [-0.4, -0.2) is 33.7 Å². The molecule has 0 radical (unpaired) electrons. The Morgan fingerprint density at radius 2 is 1.95 bits per heavy atom. The maximum atomic E-state index is 12.6. The molecule has 0 heterocycles. The average Bonchev–Trinajstić information content (AvgIpc) is 2.32. The highest BCUT2D eigenvalue weighted by Gasteiger charge is 2.31. The minimum Gasteiger partial charge on any atom is -0.311 e. The van der Waals surface area contributed by atoms with Gasteiger partial charge in [-0.1, -0.05) is 6.07 Å². The number of hydrogen-bond donors (Lipinski definition) is 1. The second kappa shape index (κ2) is 6.44. The minimum absolute atomic E-state index is 0.0626. The lowest BCUT2D eigenvalue weighted by atomic mass is 10.2. The number of nitrogens with zero attached hydrogens (tertiary/aromatic N) is 1. The molecule has 0 saturated heterocycles. The first-order valence-electron chi connectivity index (χ1n) is 5.91. The predicted octanol–water partition coefficient (Wildman–Crippen LogP) is 1.61. The van der Waals surface area contributed by atoms with Crippen molar-refractivity contribution in [3.8, 4) is 0 Å². The molecule has 9 heteroatoms. The molecule has 0 aliphatic rings. The molecule has 0 aliphatic carbocycles. The van der Waals surface area contributed by atoms with Crippen LogP contribution in [0.25, 0.3) is 0 Å². The number of rotatable bonds is 5. The van der Waals surface area contributed by atoms with Gasteiger partial charge in [0.05, 0.1) is 11.8 Å². The number of halogens is 3. The van der Waals surface area contributed by atoms with Gasteiger partial charge in [-0.3, -0.25) is 4.79 Å². The normalized spacial score (nSPS) is 12.2. The smallest absolute Gasteiger partial charge is 0.311 e. The van der Waals surface area contributed by atoms with Gasteiger partial charge < -0.3 is 4.90 Å². The largest absolute Gasteiger partial charge is 0.416 e. The number of nitrogens with one attached hydrogen (secondary N) is 1. The van der Waals surface area contributed by atoms with E-state index in [-0.39, 0.29) is 18.8 Å². The first-order chi connectivity index (χ1) is 9.50. The lowest BCUT2D eigenvalue weighted by Crippen LogP contribution is -2.37. The summed E-state index contributed by atoms with van der Waals surface area (Å²) in [6.07, 6.45) is -3.56. The van der Waals surface area contributed by atoms with Crippen molar-refractivity contribution in [2.75, 3.05) is 24.2 Å². The van der Waals surface area contributed by atoms with E-state index in [2.05, 4.69) is 4.72 Å². The maximum Gasteiger partial charge on any atom is 0.416 e. The molecule has 1 N–H and O–H groups in total. The Kier molecular flexibility index (Phi) is 5.35. The van der Waals surface area contributed by atoms with E-state index in [1.54, 1.807) is 0 Å². The Hall–Kier alpha value is -1.61. The highest BCUT2D eigenvalue weighted by Crippen LogP contribution is 2.31. The Morgan fingerprint density at radius 3 is 2.43 bits per heavy atom. The van der Waals surface area contributed by atoms with Gasteiger partial charge >= 0.3 is 6.18 Å². The molecular formula is C12H15F3N2O3S. The van der Waals surface area contributed by atoms with Crippen LogP contribution in [0, 0.1) is 0 Å². The zero-order valence-electron chi connectivity index (χ0n) is 11.4. The highest BCUT2D eigenvalue weighted by atomic mass is 32.2. The summed E-state index contributed by atoms with van der Waals surface area (Å²) >= 11 is 0. The fourth-order valence-electron chi connectivity index (χ4n) is 1.66. The fourth-order valence-corrected chi connectivity index (χ4v) is 2.12. The van der Waals surface area contributed by atoms with E-state index in [1.165, 1.54) is 19.1 Å². The van der Waals surface area contributed by atoms with Crippen molar-refractivity contribution in [2.45, 2.75) is 13.1 Å². The molecule has 0 atom stereocenters. The third-order valence-electron chi connectivity index (χ3n) is 2.56. The van der Waals surface area contributed by atoms with Crippen LogP contribution >= 0.6 is 0 Å². The number of carbonyl (C=O) groups excluding carboxylic acids is 1. The molecule has 1 aromatic rings. The van der Waals surface area contributed by atoms with Gasteiger partial charge in [0, 0.05) is 25.7 Å². The average molecular weight is 324 g/mol. The summed E-state index contributed by atoms with van der Waals surface area (Å²) < 4.78 is 62.0. The molecule has 5 nitrogen and oxygen atoms in total. The van der Waals surface area contributed by atoms with Gasteiger partial charge in [0.1, 0.15) is 0 Å². The number of alkyl halides is 3. The molecule has 0 spiro atoms. The Balaban J connectivity index is 2.94. The summed E-state index contributed by atoms with van der Waals surface area (Å²) in [4.78, 5) is 12.6. The fraction of sp³-hybridized carbons (Fsp3) is 0.417. The van der Waals surface area contributed by atoms with Crippen LogP contribution < -0.4 is 9.62 Å². The van der Waals surface area contributed by atoms with Gasteiger partial charge in [0.2, 0.25) is 15.9 Å². The zero-order chi connectivity index (χ0) is 16.3. The van der Waals surface area contributed by atoms with Crippen molar-refractivity contribution in [1.29, 1.82) is 0 Å². The second-order valence-corrected chi connectivity index (χ2v) is 6.22. The van der Waals surface area contributed by atoms with E-state index < -0.39 is 27.7 Å². The third-order valence-corrected chi connectivity index (χ3v) is 3.29. The van der Waals surface area contributed by atoms with Gasteiger partial charge in [0.25, 0.3) is 0 Å². The molecule has 0 saturated carbocycles. The van der Waals surface area contributed by atoms with Gasteiger partial charge in [0.15, 0.2) is 0 Å². The molecule has 0 bridgehead atoms. The molecule has 1 amide bonds. The lowest BCUT2D eigenvalue weighted by molar-refractivity contribution is -0.137. The molecule has 0 aliphatic heterocycles. The van der Waals surface area contributed by atoms with Crippen LogP contribution in [0.5, 0.6) is 0 Å². The Labute approximate surface area is 120 Å². The SMILES string of the molecule is CC(=O)N(CCNS(C)(=O)=O)c1cccc(C(F)(F)F)c1. The van der Waals surface area contributed by atoms with Crippen LogP contribution in [-0.2, 0) is 21.0 Å². The van der Waals surface area contributed by atoms with Crippen molar-refractivity contribution < 1.29 is 26.4 Å². The van der Waals surface area contributed by atoms with Crippen molar-refractivity contribution in [2.24, 2.45) is 0 Å². The second-order valence-electron chi connectivity index (χ2n) is 4.39. The van der Waals surface area contributed by atoms with Gasteiger partial charge in [-0.15, -0.1) is 0 Å². The molecule has 1 rings (SSSR count). The van der Waals surface area contributed by atoms with Crippen molar-refractivity contribution in [1.82, 2.24) is 4.72 Å².